The molecule has 2 aromatic rings. The first-order valence-electron chi connectivity index (χ1n) is 7.70. The maximum Gasteiger partial charge on any atom is 0.175 e. The van der Waals surface area contributed by atoms with Crippen LogP contribution in [0.25, 0.3) is 0 Å². The standard InChI is InChI=1S/C18H21NO3S/c1-13(14-6-8-16(9-7-14)23(2,20)21)19-18-5-3-4-15-12-22-11-10-17(15)18/h3-9,13,19H,10-12H2,1-2H3. The maximum atomic E-state index is 11.5. The summed E-state index contributed by atoms with van der Waals surface area (Å²) in [4.78, 5) is 0.350. The summed E-state index contributed by atoms with van der Waals surface area (Å²) in [7, 11) is -3.15. The number of sulfone groups is 1. The lowest BCUT2D eigenvalue weighted by atomic mass is 10.00. The molecule has 1 aliphatic rings. The molecule has 2 aromatic carbocycles. The fourth-order valence-electron chi connectivity index (χ4n) is 2.88. The lowest BCUT2D eigenvalue weighted by Crippen LogP contribution is -2.15. The van der Waals surface area contributed by atoms with E-state index in [1.807, 2.05) is 18.2 Å². The number of hydrogen-bond donors (Lipinski definition) is 1. The lowest BCUT2D eigenvalue weighted by molar-refractivity contribution is 0.111. The van der Waals surface area contributed by atoms with Crippen LogP contribution >= 0.6 is 0 Å². The van der Waals surface area contributed by atoms with E-state index < -0.39 is 9.84 Å². The van der Waals surface area contributed by atoms with E-state index in [9.17, 15) is 8.42 Å². The molecular weight excluding hydrogens is 310 g/mol. The molecule has 4 nitrogen and oxygen atoms in total. The molecule has 0 amide bonds. The van der Waals surface area contributed by atoms with E-state index in [2.05, 4.69) is 24.4 Å². The number of anilines is 1. The fourth-order valence-corrected chi connectivity index (χ4v) is 3.51. The van der Waals surface area contributed by atoms with Crippen molar-refractivity contribution in [2.24, 2.45) is 0 Å². The molecule has 1 N–H and O–H groups in total. The molecular formula is C18H21NO3S. The van der Waals surface area contributed by atoms with Gasteiger partial charge in [-0.05, 0) is 48.2 Å². The monoisotopic (exact) mass is 331 g/mol. The Bertz CT molecular complexity index is 798. The zero-order chi connectivity index (χ0) is 16.4. The first-order chi connectivity index (χ1) is 10.9. The molecule has 1 aliphatic heterocycles. The third-order valence-corrected chi connectivity index (χ3v) is 5.34. The van der Waals surface area contributed by atoms with Crippen LogP contribution in [0.15, 0.2) is 47.4 Å². The topological polar surface area (TPSA) is 55.4 Å². The van der Waals surface area contributed by atoms with Gasteiger partial charge in [-0.25, -0.2) is 8.42 Å². The maximum absolute atomic E-state index is 11.5. The molecule has 0 aliphatic carbocycles. The van der Waals surface area contributed by atoms with Crippen LogP contribution in [0.2, 0.25) is 0 Å². The number of hydrogen-bond acceptors (Lipinski definition) is 4. The first-order valence-corrected chi connectivity index (χ1v) is 9.59. The third-order valence-electron chi connectivity index (χ3n) is 4.21. The number of fused-ring (bicyclic) bond motifs is 1. The number of nitrogens with one attached hydrogen (secondary N) is 1. The van der Waals surface area contributed by atoms with E-state index in [-0.39, 0.29) is 6.04 Å². The molecule has 0 aromatic heterocycles. The van der Waals surface area contributed by atoms with Gasteiger partial charge in [0.25, 0.3) is 0 Å². The summed E-state index contributed by atoms with van der Waals surface area (Å²) in [6.45, 7) is 3.50. The zero-order valence-electron chi connectivity index (χ0n) is 13.4. The van der Waals surface area contributed by atoms with Crippen LogP contribution in [0.3, 0.4) is 0 Å². The fraction of sp³-hybridized carbons (Fsp3) is 0.333. The minimum Gasteiger partial charge on any atom is -0.378 e. The zero-order valence-corrected chi connectivity index (χ0v) is 14.2. The summed E-state index contributed by atoms with van der Waals surface area (Å²) < 4.78 is 28.6. The average Bonchev–Trinajstić information content (AvgIpc) is 2.54. The summed E-state index contributed by atoms with van der Waals surface area (Å²) in [5.41, 5.74) is 4.74. The van der Waals surface area contributed by atoms with E-state index in [1.54, 1.807) is 12.1 Å². The van der Waals surface area contributed by atoms with E-state index in [0.29, 0.717) is 11.5 Å². The summed E-state index contributed by atoms with van der Waals surface area (Å²) in [6.07, 6.45) is 2.14. The van der Waals surface area contributed by atoms with E-state index in [1.165, 1.54) is 17.4 Å². The molecule has 0 radical (unpaired) electrons. The summed E-state index contributed by atoms with van der Waals surface area (Å²) in [5.74, 6) is 0. The minimum absolute atomic E-state index is 0.0953. The van der Waals surface area contributed by atoms with Crippen LogP contribution in [0.4, 0.5) is 5.69 Å². The van der Waals surface area contributed by atoms with Gasteiger partial charge >= 0.3 is 0 Å². The highest BCUT2D eigenvalue weighted by atomic mass is 32.2. The second kappa shape index (κ2) is 6.34. The van der Waals surface area contributed by atoms with Crippen molar-refractivity contribution in [1.29, 1.82) is 0 Å². The molecule has 3 rings (SSSR count). The van der Waals surface area contributed by atoms with Crippen molar-refractivity contribution < 1.29 is 13.2 Å². The molecule has 0 spiro atoms. The Morgan fingerprint density at radius 3 is 2.57 bits per heavy atom. The van der Waals surface area contributed by atoms with Gasteiger partial charge in [0.05, 0.1) is 18.1 Å². The second-order valence-electron chi connectivity index (χ2n) is 5.95. The lowest BCUT2D eigenvalue weighted by Gasteiger charge is -2.23. The van der Waals surface area contributed by atoms with Gasteiger partial charge in [0, 0.05) is 18.0 Å². The molecule has 0 saturated heterocycles. The summed E-state index contributed by atoms with van der Waals surface area (Å²) in [5, 5.41) is 3.54. The Kier molecular flexibility index (Phi) is 4.41. The normalized spacial score (nSPS) is 15.7. The van der Waals surface area contributed by atoms with Crippen LogP contribution in [-0.2, 0) is 27.6 Å². The smallest absolute Gasteiger partial charge is 0.175 e. The number of benzene rings is 2. The van der Waals surface area contributed by atoms with Gasteiger partial charge in [0.15, 0.2) is 9.84 Å². The van der Waals surface area contributed by atoms with Gasteiger partial charge in [0.2, 0.25) is 0 Å². The highest BCUT2D eigenvalue weighted by Crippen LogP contribution is 2.28. The number of ether oxygens (including phenoxy) is 1. The average molecular weight is 331 g/mol. The summed E-state index contributed by atoms with van der Waals surface area (Å²) >= 11 is 0. The van der Waals surface area contributed by atoms with Gasteiger partial charge in [-0.1, -0.05) is 24.3 Å². The van der Waals surface area contributed by atoms with E-state index in [0.717, 1.165) is 24.3 Å². The first kappa shape index (κ1) is 16.0. The Morgan fingerprint density at radius 1 is 1.13 bits per heavy atom. The Hall–Kier alpha value is -1.85. The van der Waals surface area contributed by atoms with Crippen molar-refractivity contribution in [2.45, 2.75) is 30.9 Å². The molecule has 1 heterocycles. The van der Waals surface area contributed by atoms with Crippen molar-refractivity contribution in [2.75, 3.05) is 18.2 Å². The SMILES string of the molecule is CC(Nc1cccc2c1CCOC2)c1ccc(S(C)(=O)=O)cc1. The van der Waals surface area contributed by atoms with Crippen LogP contribution in [-0.4, -0.2) is 21.3 Å². The quantitative estimate of drug-likeness (QED) is 0.933. The number of rotatable bonds is 4. The highest BCUT2D eigenvalue weighted by molar-refractivity contribution is 7.90. The van der Waals surface area contributed by atoms with E-state index in [4.69, 9.17) is 4.74 Å². The van der Waals surface area contributed by atoms with Crippen LogP contribution < -0.4 is 5.32 Å². The molecule has 122 valence electrons. The molecule has 0 bridgehead atoms. The van der Waals surface area contributed by atoms with Crippen molar-refractivity contribution in [3.63, 3.8) is 0 Å². The Morgan fingerprint density at radius 2 is 1.87 bits per heavy atom. The third kappa shape index (κ3) is 3.57. The van der Waals surface area contributed by atoms with Crippen LogP contribution in [0.5, 0.6) is 0 Å². The predicted molar refractivity (Wildman–Crippen MR) is 91.4 cm³/mol. The van der Waals surface area contributed by atoms with Crippen LogP contribution in [0.1, 0.15) is 29.7 Å². The minimum atomic E-state index is -3.15. The second-order valence-corrected chi connectivity index (χ2v) is 7.97. The highest BCUT2D eigenvalue weighted by Gasteiger charge is 2.15. The van der Waals surface area contributed by atoms with Gasteiger partial charge < -0.3 is 10.1 Å². The summed E-state index contributed by atoms with van der Waals surface area (Å²) in [6, 6.07) is 13.4. The van der Waals surface area contributed by atoms with Crippen LogP contribution in [0, 0.1) is 0 Å². The van der Waals surface area contributed by atoms with Crippen molar-refractivity contribution in [1.82, 2.24) is 0 Å². The van der Waals surface area contributed by atoms with Gasteiger partial charge in [0.1, 0.15) is 0 Å². The van der Waals surface area contributed by atoms with Gasteiger partial charge in [-0.3, -0.25) is 0 Å². The Balaban J connectivity index is 1.81. The molecule has 23 heavy (non-hydrogen) atoms. The molecule has 1 unspecified atom stereocenters. The van der Waals surface area contributed by atoms with E-state index >= 15 is 0 Å². The van der Waals surface area contributed by atoms with Crippen molar-refractivity contribution >= 4 is 15.5 Å². The molecule has 0 saturated carbocycles. The van der Waals surface area contributed by atoms with Gasteiger partial charge in [-0.2, -0.15) is 0 Å². The predicted octanol–water partition coefficient (Wildman–Crippen LogP) is 3.34. The van der Waals surface area contributed by atoms with Crippen molar-refractivity contribution in [3.05, 3.63) is 59.2 Å². The molecule has 1 atom stereocenters. The van der Waals surface area contributed by atoms with Gasteiger partial charge in [-0.15, -0.1) is 0 Å². The molecule has 5 heteroatoms. The molecule has 0 fully saturated rings. The van der Waals surface area contributed by atoms with Crippen molar-refractivity contribution in [3.8, 4) is 0 Å². The largest absolute Gasteiger partial charge is 0.378 e. The Labute approximate surface area is 137 Å².